The normalized spacial score (nSPS) is 11.9. The van der Waals surface area contributed by atoms with Crippen molar-refractivity contribution in [3.05, 3.63) is 36.5 Å². The van der Waals surface area contributed by atoms with Gasteiger partial charge in [0.15, 0.2) is 0 Å². The van der Waals surface area contributed by atoms with Crippen molar-refractivity contribution >= 4 is 41.6 Å². The molecule has 0 aliphatic rings. The van der Waals surface area contributed by atoms with Gasteiger partial charge in [-0.3, -0.25) is 19.2 Å². The van der Waals surface area contributed by atoms with Crippen molar-refractivity contribution in [3.63, 3.8) is 0 Å². The fraction of sp³-hybridized carbons (Fsp3) is 0.581. The predicted molar refractivity (Wildman–Crippen MR) is 172 cm³/mol. The summed E-state index contributed by atoms with van der Waals surface area (Å²) in [6.07, 6.45) is 4.08. The number of carboxylic acids is 3. The van der Waals surface area contributed by atoms with Gasteiger partial charge in [-0.15, -0.1) is 0 Å². The minimum atomic E-state index is -1.61. The van der Waals surface area contributed by atoms with Crippen LogP contribution in [0.4, 0.5) is 0 Å². The van der Waals surface area contributed by atoms with E-state index < -0.39 is 66.5 Å². The van der Waals surface area contributed by atoms with Crippen LogP contribution in [0.15, 0.2) is 36.5 Å². The van der Waals surface area contributed by atoms with Crippen LogP contribution in [-0.2, 0) is 62.0 Å². The minimum Gasteiger partial charge on any atom is -0.478 e. The van der Waals surface area contributed by atoms with E-state index in [-0.39, 0.29) is 58.6 Å². The van der Waals surface area contributed by atoms with Crippen LogP contribution in [0.2, 0.25) is 0 Å². The molecule has 0 heterocycles. The molecule has 0 atom stereocenters. The molecular formula is C31H47N3O16. The van der Waals surface area contributed by atoms with Gasteiger partial charge in [-0.05, 0) is 20.8 Å². The molecule has 0 aliphatic heterocycles. The first-order chi connectivity index (χ1) is 23.5. The Bertz CT molecular complexity index is 1090. The number of carbonyl (C=O) groups is 7. The molecule has 3 amide bonds. The van der Waals surface area contributed by atoms with Gasteiger partial charge in [0.05, 0.1) is 85.5 Å². The molecule has 0 spiro atoms. The monoisotopic (exact) mass is 717 g/mol. The maximum atomic E-state index is 12.2. The number of amides is 3. The third-order valence-corrected chi connectivity index (χ3v) is 5.51. The zero-order valence-corrected chi connectivity index (χ0v) is 28.3. The summed E-state index contributed by atoms with van der Waals surface area (Å²) in [6, 6.07) is 0. The predicted octanol–water partition coefficient (Wildman–Crippen LogP) is -1.19. The highest BCUT2D eigenvalue weighted by Gasteiger charge is 2.33. The molecule has 0 aromatic heterocycles. The first-order valence-corrected chi connectivity index (χ1v) is 15.3. The SMILES string of the molecule is CC(C)(C)OC(=O)CCOCCOCCOCCOCCOC(CNC(=O)/C=C\C(=O)O)(CNC(=O)/C=C\C(=O)O)CNC(=O)/C=C\C(=O)O. The van der Waals surface area contributed by atoms with Gasteiger partial charge in [-0.2, -0.15) is 0 Å². The van der Waals surface area contributed by atoms with Gasteiger partial charge in [0.1, 0.15) is 11.2 Å². The van der Waals surface area contributed by atoms with Gasteiger partial charge >= 0.3 is 23.9 Å². The quantitative estimate of drug-likeness (QED) is 0.0315. The lowest BCUT2D eigenvalue weighted by Crippen LogP contribution is -2.58. The van der Waals surface area contributed by atoms with Crippen LogP contribution in [0.1, 0.15) is 27.2 Å². The summed E-state index contributed by atoms with van der Waals surface area (Å²) >= 11 is 0. The molecule has 19 heteroatoms. The lowest BCUT2D eigenvalue weighted by molar-refractivity contribution is -0.156. The van der Waals surface area contributed by atoms with Gasteiger partial charge in [-0.25, -0.2) is 14.4 Å². The fourth-order valence-electron chi connectivity index (χ4n) is 3.33. The molecule has 0 bridgehead atoms. The second-order valence-corrected chi connectivity index (χ2v) is 11.0. The Hall–Kier alpha value is -4.69. The summed E-state index contributed by atoms with van der Waals surface area (Å²) in [6.45, 7) is 5.68. The average molecular weight is 718 g/mol. The Morgan fingerprint density at radius 2 is 0.820 bits per heavy atom. The number of esters is 1. The van der Waals surface area contributed by atoms with Crippen LogP contribution in [0.5, 0.6) is 0 Å². The number of ether oxygens (including phenoxy) is 6. The van der Waals surface area contributed by atoms with E-state index in [0.29, 0.717) is 31.4 Å². The number of aliphatic carboxylic acids is 3. The fourth-order valence-corrected chi connectivity index (χ4v) is 3.33. The smallest absolute Gasteiger partial charge is 0.328 e. The highest BCUT2D eigenvalue weighted by molar-refractivity contribution is 5.95. The van der Waals surface area contributed by atoms with E-state index in [1.807, 2.05) is 0 Å². The summed E-state index contributed by atoms with van der Waals surface area (Å²) in [5, 5.41) is 33.5. The minimum absolute atomic E-state index is 0.0190. The molecule has 0 aromatic carbocycles. The molecule has 0 fully saturated rings. The summed E-state index contributed by atoms with van der Waals surface area (Å²) < 4.78 is 32.7. The van der Waals surface area contributed by atoms with Crippen LogP contribution in [0.25, 0.3) is 0 Å². The van der Waals surface area contributed by atoms with Gasteiger partial charge in [-0.1, -0.05) is 0 Å². The number of carboxylic acid groups (broad SMARTS) is 3. The molecule has 0 saturated heterocycles. The zero-order chi connectivity index (χ0) is 37.8. The number of hydrogen-bond acceptors (Lipinski definition) is 13. The van der Waals surface area contributed by atoms with Crippen molar-refractivity contribution in [2.24, 2.45) is 0 Å². The van der Waals surface area contributed by atoms with Crippen molar-refractivity contribution in [2.45, 2.75) is 38.4 Å². The van der Waals surface area contributed by atoms with Crippen LogP contribution in [0, 0.1) is 0 Å². The lowest BCUT2D eigenvalue weighted by Gasteiger charge is -2.34. The van der Waals surface area contributed by atoms with Crippen molar-refractivity contribution in [3.8, 4) is 0 Å². The van der Waals surface area contributed by atoms with E-state index in [9.17, 15) is 33.6 Å². The topological polar surface area (TPSA) is 272 Å². The largest absolute Gasteiger partial charge is 0.478 e. The third kappa shape index (κ3) is 28.3. The molecule has 50 heavy (non-hydrogen) atoms. The standard InChI is InChI=1S/C31H47N3O16/c1-30(2,3)50-29(44)10-11-45-12-13-46-14-15-47-16-17-48-18-19-49-31(20-32-23(35)4-7-26(38)39,21-33-24(36)5-8-27(40)41)22-34-25(37)6-9-28(42)43/h4-9H,10-22H2,1-3H3,(H,32,35)(H,33,36)(H,34,37)(H,38,39)(H,40,41)(H,42,43)/b7-4-,8-5-,9-6-. The van der Waals surface area contributed by atoms with E-state index in [4.69, 9.17) is 43.7 Å². The van der Waals surface area contributed by atoms with E-state index in [0.717, 1.165) is 18.2 Å². The molecule has 0 aromatic rings. The number of rotatable bonds is 28. The van der Waals surface area contributed by atoms with E-state index in [1.54, 1.807) is 20.8 Å². The second kappa shape index (κ2) is 26.2. The molecule has 6 N–H and O–H groups in total. The summed E-state index contributed by atoms with van der Waals surface area (Å²) in [5.74, 6) is -7.05. The van der Waals surface area contributed by atoms with Crippen molar-refractivity contribution in [2.75, 3.05) is 79.1 Å². The Balaban J connectivity index is 4.90. The Labute approximate surface area is 288 Å². The first kappa shape index (κ1) is 45.3. The van der Waals surface area contributed by atoms with E-state index >= 15 is 0 Å². The highest BCUT2D eigenvalue weighted by atomic mass is 16.6. The van der Waals surface area contributed by atoms with Crippen molar-refractivity contribution < 1.29 is 77.3 Å². The molecule has 0 radical (unpaired) electrons. The lowest BCUT2D eigenvalue weighted by atomic mass is 10.0. The maximum Gasteiger partial charge on any atom is 0.328 e. The number of nitrogens with one attached hydrogen (secondary N) is 3. The Morgan fingerprint density at radius 3 is 1.14 bits per heavy atom. The summed E-state index contributed by atoms with van der Waals surface area (Å²) in [4.78, 5) is 80.4. The molecule has 0 aliphatic carbocycles. The van der Waals surface area contributed by atoms with Crippen LogP contribution in [-0.4, -0.2) is 147 Å². The third-order valence-electron chi connectivity index (χ3n) is 5.51. The Morgan fingerprint density at radius 1 is 0.500 bits per heavy atom. The van der Waals surface area contributed by atoms with Crippen LogP contribution < -0.4 is 16.0 Å². The van der Waals surface area contributed by atoms with Crippen molar-refractivity contribution in [1.82, 2.24) is 16.0 Å². The van der Waals surface area contributed by atoms with Gasteiger partial charge in [0, 0.05) is 36.5 Å². The van der Waals surface area contributed by atoms with E-state index in [2.05, 4.69) is 16.0 Å². The number of carbonyl (C=O) groups excluding carboxylic acids is 4. The Kier molecular flexibility index (Phi) is 23.8. The highest BCUT2D eigenvalue weighted by Crippen LogP contribution is 2.10. The van der Waals surface area contributed by atoms with Crippen LogP contribution >= 0.6 is 0 Å². The summed E-state index contributed by atoms with van der Waals surface area (Å²) in [7, 11) is 0. The maximum absolute atomic E-state index is 12.2. The van der Waals surface area contributed by atoms with E-state index in [1.165, 1.54) is 0 Å². The number of hydrogen-bond donors (Lipinski definition) is 6. The molecule has 282 valence electrons. The molecule has 0 rings (SSSR count). The molecule has 0 saturated carbocycles. The second-order valence-electron chi connectivity index (χ2n) is 11.0. The van der Waals surface area contributed by atoms with Gasteiger partial charge in [0.2, 0.25) is 17.7 Å². The zero-order valence-electron chi connectivity index (χ0n) is 28.3. The molecule has 19 nitrogen and oxygen atoms in total. The molecular weight excluding hydrogens is 670 g/mol. The van der Waals surface area contributed by atoms with Crippen molar-refractivity contribution in [1.29, 1.82) is 0 Å². The van der Waals surface area contributed by atoms with Gasteiger partial charge < -0.3 is 59.7 Å². The van der Waals surface area contributed by atoms with Gasteiger partial charge in [0.25, 0.3) is 0 Å². The average Bonchev–Trinajstić information content (AvgIpc) is 3.03. The van der Waals surface area contributed by atoms with Crippen LogP contribution in [0.3, 0.4) is 0 Å². The summed E-state index contributed by atoms with van der Waals surface area (Å²) in [5.41, 5.74) is -2.16. The molecule has 0 unspecified atom stereocenters. The first-order valence-electron chi connectivity index (χ1n) is 15.3.